The lowest BCUT2D eigenvalue weighted by Crippen LogP contribution is -2.30. The van der Waals surface area contributed by atoms with Crippen LogP contribution in [0.4, 0.5) is 0 Å². The molecule has 0 saturated heterocycles. The number of rotatable bonds is 2. The van der Waals surface area contributed by atoms with Crippen LogP contribution in [0.1, 0.15) is 16.6 Å². The number of carbonyl (C=O) groups is 1. The molecule has 1 rings (SSSR count). The maximum Gasteiger partial charge on any atom is 0.263 e. The third-order valence-electron chi connectivity index (χ3n) is 1.36. The van der Waals surface area contributed by atoms with Crippen molar-refractivity contribution in [3.8, 4) is 6.07 Å². The second kappa shape index (κ2) is 4.26. The molecule has 68 valence electrons. The first-order valence-electron chi connectivity index (χ1n) is 3.58. The molecule has 1 aromatic rings. The number of halogens is 1. The maximum atomic E-state index is 11.4. The zero-order valence-electron chi connectivity index (χ0n) is 6.87. The lowest BCUT2D eigenvalue weighted by molar-refractivity contribution is 0.0952. The van der Waals surface area contributed by atoms with Gasteiger partial charge in [-0.25, -0.2) is 0 Å². The predicted molar refractivity (Wildman–Crippen MR) is 51.9 cm³/mol. The topological polar surface area (TPSA) is 52.9 Å². The molecule has 1 amide bonds. The van der Waals surface area contributed by atoms with E-state index in [4.69, 9.17) is 16.9 Å². The van der Waals surface area contributed by atoms with E-state index in [0.717, 1.165) is 0 Å². The summed E-state index contributed by atoms with van der Waals surface area (Å²) in [4.78, 5) is 11.8. The van der Waals surface area contributed by atoms with Gasteiger partial charge >= 0.3 is 0 Å². The van der Waals surface area contributed by atoms with Crippen LogP contribution in [0.15, 0.2) is 11.4 Å². The summed E-state index contributed by atoms with van der Waals surface area (Å²) in [7, 11) is 0. The van der Waals surface area contributed by atoms with Gasteiger partial charge in [0.1, 0.15) is 10.9 Å². The summed E-state index contributed by atoms with van der Waals surface area (Å²) in [5.74, 6) is -0.297. The van der Waals surface area contributed by atoms with Gasteiger partial charge in [0.25, 0.3) is 5.91 Å². The molecule has 1 N–H and O–H groups in total. The summed E-state index contributed by atoms with van der Waals surface area (Å²) in [6.45, 7) is 1.61. The van der Waals surface area contributed by atoms with Crippen molar-refractivity contribution in [2.75, 3.05) is 0 Å². The van der Waals surface area contributed by atoms with Crippen molar-refractivity contribution in [3.63, 3.8) is 0 Å². The lowest BCUT2D eigenvalue weighted by atomic mass is 10.3. The smallest absolute Gasteiger partial charge is 0.263 e. The molecule has 0 aliphatic carbocycles. The first kappa shape index (κ1) is 10.0. The Morgan fingerprint density at radius 1 is 1.85 bits per heavy atom. The SMILES string of the molecule is C[C@H](C#N)NC(=O)c1sccc1Cl. The first-order chi connectivity index (χ1) is 6.15. The standard InChI is InChI=1S/C8H7ClN2OS/c1-5(4-10)11-8(12)7-6(9)2-3-13-7/h2-3,5H,1H3,(H,11,12)/t5-/m1/s1. The molecule has 1 heterocycles. The average Bonchev–Trinajstić information content (AvgIpc) is 2.51. The van der Waals surface area contributed by atoms with Gasteiger partial charge in [-0.15, -0.1) is 11.3 Å². The van der Waals surface area contributed by atoms with Crippen molar-refractivity contribution in [1.82, 2.24) is 5.32 Å². The Morgan fingerprint density at radius 2 is 2.54 bits per heavy atom. The maximum absolute atomic E-state index is 11.4. The van der Waals surface area contributed by atoms with Crippen LogP contribution in [0.3, 0.4) is 0 Å². The van der Waals surface area contributed by atoms with E-state index in [1.54, 1.807) is 18.4 Å². The summed E-state index contributed by atoms with van der Waals surface area (Å²) in [5.41, 5.74) is 0. The molecule has 1 atom stereocenters. The van der Waals surface area contributed by atoms with Crippen LogP contribution in [-0.4, -0.2) is 11.9 Å². The molecule has 5 heteroatoms. The van der Waals surface area contributed by atoms with Crippen LogP contribution in [0.5, 0.6) is 0 Å². The van der Waals surface area contributed by atoms with Crippen LogP contribution in [0, 0.1) is 11.3 Å². The highest BCUT2D eigenvalue weighted by molar-refractivity contribution is 7.12. The highest BCUT2D eigenvalue weighted by Crippen LogP contribution is 2.21. The molecular weight excluding hydrogens is 208 g/mol. The van der Waals surface area contributed by atoms with Gasteiger partial charge in [-0.05, 0) is 18.4 Å². The zero-order valence-corrected chi connectivity index (χ0v) is 8.45. The minimum atomic E-state index is -0.495. The third kappa shape index (κ3) is 2.44. The van der Waals surface area contributed by atoms with E-state index in [9.17, 15) is 4.79 Å². The van der Waals surface area contributed by atoms with Gasteiger partial charge in [-0.1, -0.05) is 11.6 Å². The van der Waals surface area contributed by atoms with Crippen LogP contribution in [0.2, 0.25) is 5.02 Å². The van der Waals surface area contributed by atoms with Crippen molar-refractivity contribution in [3.05, 3.63) is 21.3 Å². The molecule has 3 nitrogen and oxygen atoms in total. The molecule has 0 fully saturated rings. The number of nitriles is 1. The van der Waals surface area contributed by atoms with Gasteiger partial charge in [0.15, 0.2) is 0 Å². The molecule has 0 radical (unpaired) electrons. The molecule has 0 unspecified atom stereocenters. The van der Waals surface area contributed by atoms with E-state index in [-0.39, 0.29) is 5.91 Å². The van der Waals surface area contributed by atoms with Crippen LogP contribution >= 0.6 is 22.9 Å². The summed E-state index contributed by atoms with van der Waals surface area (Å²) in [6.07, 6.45) is 0. The van der Waals surface area contributed by atoms with Gasteiger partial charge < -0.3 is 5.32 Å². The van der Waals surface area contributed by atoms with Crippen LogP contribution in [-0.2, 0) is 0 Å². The van der Waals surface area contributed by atoms with E-state index >= 15 is 0 Å². The number of amides is 1. The van der Waals surface area contributed by atoms with Gasteiger partial charge in [-0.3, -0.25) is 4.79 Å². The molecule has 1 aromatic heterocycles. The molecule has 13 heavy (non-hydrogen) atoms. The Kier molecular flexibility index (Phi) is 3.29. The summed E-state index contributed by atoms with van der Waals surface area (Å²) in [5, 5.41) is 13.1. The minimum absolute atomic E-state index is 0.297. The normalized spacial score (nSPS) is 11.8. The van der Waals surface area contributed by atoms with Crippen molar-refractivity contribution in [2.24, 2.45) is 0 Å². The van der Waals surface area contributed by atoms with Crippen LogP contribution < -0.4 is 5.32 Å². The second-order valence-corrected chi connectivity index (χ2v) is 3.75. The Balaban J connectivity index is 2.71. The van der Waals surface area contributed by atoms with Crippen molar-refractivity contribution >= 4 is 28.8 Å². The van der Waals surface area contributed by atoms with E-state index in [1.807, 2.05) is 6.07 Å². The fraction of sp³-hybridized carbons (Fsp3) is 0.250. The van der Waals surface area contributed by atoms with E-state index in [0.29, 0.717) is 9.90 Å². The van der Waals surface area contributed by atoms with E-state index in [2.05, 4.69) is 5.32 Å². The number of thiophene rings is 1. The summed E-state index contributed by atoms with van der Waals surface area (Å²) in [6, 6.07) is 3.06. The minimum Gasteiger partial charge on any atom is -0.336 e. The summed E-state index contributed by atoms with van der Waals surface area (Å²) >= 11 is 6.98. The van der Waals surface area contributed by atoms with E-state index in [1.165, 1.54) is 11.3 Å². The molecule has 0 saturated carbocycles. The third-order valence-corrected chi connectivity index (χ3v) is 2.70. The molecule has 0 aromatic carbocycles. The zero-order chi connectivity index (χ0) is 9.84. The van der Waals surface area contributed by atoms with Crippen molar-refractivity contribution < 1.29 is 4.79 Å². The molecule has 0 spiro atoms. The van der Waals surface area contributed by atoms with Gasteiger partial charge in [-0.2, -0.15) is 5.26 Å². The van der Waals surface area contributed by atoms with Crippen LogP contribution in [0.25, 0.3) is 0 Å². The molecular formula is C8H7ClN2OS. The van der Waals surface area contributed by atoms with Crippen molar-refractivity contribution in [2.45, 2.75) is 13.0 Å². The number of hydrogen-bond donors (Lipinski definition) is 1. The first-order valence-corrected chi connectivity index (χ1v) is 4.84. The Labute approximate surface area is 84.9 Å². The fourth-order valence-electron chi connectivity index (χ4n) is 0.750. The average molecular weight is 215 g/mol. The number of nitrogens with one attached hydrogen (secondary N) is 1. The Hall–Kier alpha value is -1.05. The number of hydrogen-bond acceptors (Lipinski definition) is 3. The monoisotopic (exact) mass is 214 g/mol. The molecule has 0 bridgehead atoms. The van der Waals surface area contributed by atoms with Gasteiger partial charge in [0.2, 0.25) is 0 Å². The summed E-state index contributed by atoms with van der Waals surface area (Å²) < 4.78 is 0. The lowest BCUT2D eigenvalue weighted by Gasteiger charge is -2.04. The van der Waals surface area contributed by atoms with E-state index < -0.39 is 6.04 Å². The quantitative estimate of drug-likeness (QED) is 0.819. The highest BCUT2D eigenvalue weighted by atomic mass is 35.5. The number of carbonyl (C=O) groups excluding carboxylic acids is 1. The molecule has 0 aliphatic rings. The number of nitrogens with zero attached hydrogens (tertiary/aromatic N) is 1. The second-order valence-electron chi connectivity index (χ2n) is 2.42. The van der Waals surface area contributed by atoms with Gasteiger partial charge in [0.05, 0.1) is 11.1 Å². The van der Waals surface area contributed by atoms with Gasteiger partial charge in [0, 0.05) is 0 Å². The predicted octanol–water partition coefficient (Wildman–Crippen LogP) is 2.04. The Morgan fingerprint density at radius 3 is 3.00 bits per heavy atom. The largest absolute Gasteiger partial charge is 0.336 e. The fourth-order valence-corrected chi connectivity index (χ4v) is 1.79. The van der Waals surface area contributed by atoms with Crippen molar-refractivity contribution in [1.29, 1.82) is 5.26 Å². The molecule has 0 aliphatic heterocycles. The highest BCUT2D eigenvalue weighted by Gasteiger charge is 2.13. The Bertz CT molecular complexity index is 355.